The number of halogens is 3. The minimum atomic E-state index is -0.990. The zero-order valence-electron chi connectivity index (χ0n) is 27.5. The molecule has 0 radical (unpaired) electrons. The largest absolute Gasteiger partial charge is 0.461 e. The first-order valence-corrected chi connectivity index (χ1v) is 17.8. The van der Waals surface area contributed by atoms with Crippen LogP contribution in [0.3, 0.4) is 0 Å². The van der Waals surface area contributed by atoms with Gasteiger partial charge in [0.1, 0.15) is 29.8 Å². The number of pyridine rings is 2. The molecular formula is C37H33F3N8O2S. The summed E-state index contributed by atoms with van der Waals surface area (Å²) >= 11 is 1.49. The molecule has 0 aliphatic carbocycles. The van der Waals surface area contributed by atoms with E-state index in [0.717, 1.165) is 35.5 Å². The van der Waals surface area contributed by atoms with E-state index in [0.29, 0.717) is 35.4 Å². The number of fused-ring (bicyclic) bond motifs is 3. The molecule has 4 aromatic heterocycles. The molecule has 0 spiro atoms. The summed E-state index contributed by atoms with van der Waals surface area (Å²) in [6.45, 7) is 1.67. The van der Waals surface area contributed by atoms with Gasteiger partial charge >= 0.3 is 6.01 Å². The number of nitrogens with zero attached hydrogens (tertiary/aromatic N) is 8. The molecule has 0 saturated carbocycles. The van der Waals surface area contributed by atoms with Crippen LogP contribution in [0, 0.1) is 17.1 Å². The molecule has 260 valence electrons. The minimum absolute atomic E-state index is 0.00512. The van der Waals surface area contributed by atoms with Crippen LogP contribution in [0.4, 0.5) is 19.0 Å². The van der Waals surface area contributed by atoms with Crippen molar-refractivity contribution >= 4 is 50.1 Å². The van der Waals surface area contributed by atoms with Crippen molar-refractivity contribution in [2.45, 2.75) is 43.4 Å². The zero-order chi connectivity index (χ0) is 35.1. The van der Waals surface area contributed by atoms with Gasteiger partial charge in [-0.2, -0.15) is 15.2 Å². The number of hydrogen-bond donors (Lipinski definition) is 0. The molecule has 0 unspecified atom stereocenters. The number of rotatable bonds is 8. The number of alkyl halides is 1. The van der Waals surface area contributed by atoms with Crippen molar-refractivity contribution in [1.29, 1.82) is 5.26 Å². The molecule has 1 amide bonds. The second kappa shape index (κ2) is 13.5. The van der Waals surface area contributed by atoms with E-state index in [2.05, 4.69) is 25.9 Å². The summed E-state index contributed by atoms with van der Waals surface area (Å²) < 4.78 is 53.7. The Labute approximate surface area is 295 Å². The molecule has 51 heavy (non-hydrogen) atoms. The van der Waals surface area contributed by atoms with E-state index in [9.17, 15) is 14.4 Å². The highest BCUT2D eigenvalue weighted by Crippen LogP contribution is 2.41. The number of nitriles is 1. The first-order chi connectivity index (χ1) is 24.8. The number of ether oxygens (including phenoxy) is 1. The van der Waals surface area contributed by atoms with Gasteiger partial charge in [-0.25, -0.2) is 13.2 Å². The Morgan fingerprint density at radius 1 is 1.10 bits per heavy atom. The summed E-state index contributed by atoms with van der Waals surface area (Å²) in [6, 6.07) is 14.0. The van der Waals surface area contributed by atoms with Crippen LogP contribution in [0.25, 0.3) is 38.3 Å². The molecule has 7 heterocycles. The molecule has 5 aromatic rings. The fourth-order valence-electron chi connectivity index (χ4n) is 7.71. The van der Waals surface area contributed by atoms with Crippen molar-refractivity contribution in [3.05, 3.63) is 77.6 Å². The lowest BCUT2D eigenvalue weighted by molar-refractivity contribution is -0.131. The molecule has 10 nitrogen and oxygen atoms in total. The predicted octanol–water partition coefficient (Wildman–Crippen LogP) is 6.34. The van der Waals surface area contributed by atoms with E-state index in [-0.39, 0.29) is 49.9 Å². The average molecular weight is 711 g/mol. The normalized spacial score (nSPS) is 22.4. The minimum Gasteiger partial charge on any atom is -0.461 e. The maximum atomic E-state index is 16.7. The molecule has 3 aliphatic heterocycles. The summed E-state index contributed by atoms with van der Waals surface area (Å²) in [6.07, 6.45) is 5.14. The van der Waals surface area contributed by atoms with Crippen LogP contribution in [0.2, 0.25) is 0 Å². The monoisotopic (exact) mass is 710 g/mol. The van der Waals surface area contributed by atoms with E-state index in [1.54, 1.807) is 18.2 Å². The number of carbonyl (C=O) groups excluding carboxylic acids is 1. The Bertz CT molecular complexity index is 2190. The van der Waals surface area contributed by atoms with E-state index in [1.807, 2.05) is 34.5 Å². The van der Waals surface area contributed by atoms with E-state index in [1.165, 1.54) is 28.6 Å². The van der Waals surface area contributed by atoms with Crippen molar-refractivity contribution in [3.8, 4) is 23.3 Å². The summed E-state index contributed by atoms with van der Waals surface area (Å²) in [7, 11) is 0. The molecule has 3 aliphatic rings. The Kier molecular flexibility index (Phi) is 8.77. The van der Waals surface area contributed by atoms with Crippen molar-refractivity contribution in [2.75, 3.05) is 44.2 Å². The first kappa shape index (κ1) is 33.0. The Morgan fingerprint density at radius 2 is 1.96 bits per heavy atom. The van der Waals surface area contributed by atoms with Gasteiger partial charge < -0.3 is 14.5 Å². The van der Waals surface area contributed by atoms with Gasteiger partial charge in [0.05, 0.1) is 35.2 Å². The molecule has 3 fully saturated rings. The summed E-state index contributed by atoms with van der Waals surface area (Å²) in [5.41, 5.74) is 0.598. The SMILES string of the molecule is N#CC[C@H]1CN(c2nc(OC[C@@]34CCCN3C[C@H](F)C4)nc3c(F)c(-c4csc5ccccc45)ncc23)CCN1C(=O)/C(F)=C/c1ccccn1. The summed E-state index contributed by atoms with van der Waals surface area (Å²) in [5.74, 6) is -2.16. The van der Waals surface area contributed by atoms with E-state index < -0.39 is 35.3 Å². The molecule has 8 rings (SSSR count). The van der Waals surface area contributed by atoms with Crippen LogP contribution >= 0.6 is 11.3 Å². The van der Waals surface area contributed by atoms with Gasteiger partial charge in [-0.1, -0.05) is 24.3 Å². The summed E-state index contributed by atoms with van der Waals surface area (Å²) in [5, 5.41) is 12.8. The standard InChI is InChI=1S/C37H33F3N8O2S/c38-23-17-37(10-5-13-47(37)19-23)22-50-36-44-33-27(18-43-32(31(33)40)28-21-51-30-8-2-1-7-26(28)30)34(45-36)46-14-15-48(25(20-46)9-11-41)35(49)29(39)16-24-6-3-4-12-42-24/h1-4,6-8,12,16,18,21,23,25H,5,9-10,13-15,17,19-20,22H2/b29-16-/t23-,25+,37+/m1/s1. The fourth-order valence-corrected chi connectivity index (χ4v) is 8.65. The zero-order valence-corrected chi connectivity index (χ0v) is 28.3. The van der Waals surface area contributed by atoms with Crippen LogP contribution in [0.1, 0.15) is 31.4 Å². The number of thiophene rings is 1. The van der Waals surface area contributed by atoms with Crippen LogP contribution < -0.4 is 9.64 Å². The second-order valence-electron chi connectivity index (χ2n) is 13.2. The van der Waals surface area contributed by atoms with Gasteiger partial charge in [-0.15, -0.1) is 11.3 Å². The Morgan fingerprint density at radius 3 is 2.80 bits per heavy atom. The van der Waals surface area contributed by atoms with E-state index >= 15 is 8.78 Å². The molecule has 3 atom stereocenters. The van der Waals surface area contributed by atoms with E-state index in [4.69, 9.17) is 9.72 Å². The molecule has 0 bridgehead atoms. The van der Waals surface area contributed by atoms with Crippen molar-refractivity contribution in [3.63, 3.8) is 0 Å². The second-order valence-corrected chi connectivity index (χ2v) is 14.1. The maximum absolute atomic E-state index is 16.7. The van der Waals surface area contributed by atoms with Gasteiger partial charge in [-0.3, -0.25) is 19.7 Å². The lowest BCUT2D eigenvalue weighted by atomic mass is 9.95. The van der Waals surface area contributed by atoms with Crippen molar-refractivity contribution < 1.29 is 22.7 Å². The lowest BCUT2D eigenvalue weighted by Gasteiger charge is -2.41. The number of aromatic nitrogens is 4. The van der Waals surface area contributed by atoms with Crippen LogP contribution in [0.5, 0.6) is 6.01 Å². The highest BCUT2D eigenvalue weighted by molar-refractivity contribution is 7.17. The number of hydrogen-bond acceptors (Lipinski definition) is 10. The molecule has 0 N–H and O–H groups in total. The van der Waals surface area contributed by atoms with Crippen LogP contribution in [-0.2, 0) is 4.79 Å². The number of piperazine rings is 1. The lowest BCUT2D eigenvalue weighted by Crippen LogP contribution is -2.55. The van der Waals surface area contributed by atoms with Gasteiger partial charge in [0.25, 0.3) is 5.91 Å². The Hall–Kier alpha value is -5.13. The number of anilines is 1. The predicted molar refractivity (Wildman–Crippen MR) is 188 cm³/mol. The third-order valence-corrected chi connectivity index (χ3v) is 11.1. The number of amides is 1. The highest BCUT2D eigenvalue weighted by atomic mass is 32.1. The molecule has 14 heteroatoms. The van der Waals surface area contributed by atoms with Gasteiger partial charge in [0.2, 0.25) is 0 Å². The van der Waals surface area contributed by atoms with Gasteiger partial charge in [-0.05, 0) is 37.6 Å². The van der Waals surface area contributed by atoms with Crippen LogP contribution in [0.15, 0.2) is 66.1 Å². The molecular weight excluding hydrogens is 678 g/mol. The quantitative estimate of drug-likeness (QED) is 0.171. The fraction of sp³-hybridized carbons (Fsp3) is 0.351. The van der Waals surface area contributed by atoms with Gasteiger partial charge in [0.15, 0.2) is 11.6 Å². The number of benzene rings is 1. The van der Waals surface area contributed by atoms with Crippen LogP contribution in [-0.4, -0.2) is 92.7 Å². The van der Waals surface area contributed by atoms with Crippen molar-refractivity contribution in [2.24, 2.45) is 0 Å². The Balaban J connectivity index is 1.15. The third kappa shape index (κ3) is 6.14. The smallest absolute Gasteiger partial charge is 0.319 e. The van der Waals surface area contributed by atoms with Gasteiger partial charge in [0, 0.05) is 72.1 Å². The first-order valence-electron chi connectivity index (χ1n) is 16.9. The number of carbonyl (C=O) groups is 1. The molecule has 3 saturated heterocycles. The molecule has 1 aromatic carbocycles. The average Bonchev–Trinajstić information content (AvgIpc) is 3.83. The highest BCUT2D eigenvalue weighted by Gasteiger charge is 2.49. The maximum Gasteiger partial charge on any atom is 0.319 e. The summed E-state index contributed by atoms with van der Waals surface area (Å²) in [4.78, 5) is 36.5. The van der Waals surface area contributed by atoms with Crippen molar-refractivity contribution in [1.82, 2.24) is 29.7 Å². The topological polar surface area (TPSA) is 111 Å². The third-order valence-electron chi connectivity index (χ3n) is 10.1.